The molecule has 1 aromatic rings. The summed E-state index contributed by atoms with van der Waals surface area (Å²) in [5.74, 6) is 0.423. The first-order valence-corrected chi connectivity index (χ1v) is 6.32. The fourth-order valence-electron chi connectivity index (χ4n) is 1.18. The van der Waals surface area contributed by atoms with Gasteiger partial charge in [0, 0.05) is 23.6 Å². The normalized spacial score (nSPS) is 10.2. The van der Waals surface area contributed by atoms with E-state index < -0.39 is 5.82 Å². The molecular weight excluding hydrogens is 243 g/mol. The number of carbonyl (C=O) groups is 1. The van der Waals surface area contributed by atoms with Gasteiger partial charge in [0.15, 0.2) is 0 Å². The van der Waals surface area contributed by atoms with Gasteiger partial charge >= 0.3 is 0 Å². The van der Waals surface area contributed by atoms with Crippen molar-refractivity contribution < 1.29 is 14.3 Å². The minimum Gasteiger partial charge on any atom is -0.399 e. The van der Waals surface area contributed by atoms with E-state index in [9.17, 15) is 9.18 Å². The molecule has 0 fully saturated rings. The van der Waals surface area contributed by atoms with E-state index in [0.717, 1.165) is 0 Å². The lowest BCUT2D eigenvalue weighted by Crippen LogP contribution is -2.13. The third kappa shape index (κ3) is 5.06. The highest BCUT2D eigenvalue weighted by Crippen LogP contribution is 2.17. The topological polar surface area (TPSA) is 75.3 Å². The molecule has 1 aromatic carbocycles. The number of rotatable bonds is 6. The summed E-state index contributed by atoms with van der Waals surface area (Å²) in [6.45, 7) is 0.0934. The van der Waals surface area contributed by atoms with Gasteiger partial charge in [0.05, 0.1) is 12.3 Å². The Hall–Kier alpha value is -1.27. The van der Waals surface area contributed by atoms with Crippen LogP contribution in [0.15, 0.2) is 18.2 Å². The molecule has 0 radical (unpaired) electrons. The Morgan fingerprint density at radius 1 is 1.47 bits per heavy atom. The molecule has 0 atom stereocenters. The van der Waals surface area contributed by atoms with Crippen LogP contribution in [0.2, 0.25) is 0 Å². The molecule has 6 heteroatoms. The Morgan fingerprint density at radius 3 is 2.94 bits per heavy atom. The van der Waals surface area contributed by atoms with E-state index in [-0.39, 0.29) is 24.6 Å². The number of aliphatic hydroxyl groups is 1. The maximum atomic E-state index is 13.3. The molecule has 94 valence electrons. The van der Waals surface area contributed by atoms with Crippen molar-refractivity contribution in [2.75, 3.05) is 29.2 Å². The van der Waals surface area contributed by atoms with Gasteiger partial charge in [-0.25, -0.2) is 4.39 Å². The molecule has 0 bridgehead atoms. The average molecular weight is 258 g/mol. The van der Waals surface area contributed by atoms with Crippen molar-refractivity contribution in [1.29, 1.82) is 0 Å². The number of nitrogen functional groups attached to an aromatic ring is 1. The molecule has 0 aromatic heterocycles. The Bertz CT molecular complexity index is 388. The third-order valence-corrected chi connectivity index (χ3v) is 2.94. The smallest absolute Gasteiger partial charge is 0.225 e. The van der Waals surface area contributed by atoms with Gasteiger partial charge in [0.1, 0.15) is 5.82 Å². The number of aliphatic hydroxyl groups excluding tert-OH is 1. The molecule has 0 aliphatic carbocycles. The van der Waals surface area contributed by atoms with Crippen LogP contribution in [0.25, 0.3) is 0 Å². The van der Waals surface area contributed by atoms with Crippen LogP contribution in [-0.4, -0.2) is 29.1 Å². The van der Waals surface area contributed by atoms with Crippen molar-refractivity contribution in [2.24, 2.45) is 0 Å². The van der Waals surface area contributed by atoms with E-state index in [1.807, 2.05) is 0 Å². The van der Waals surface area contributed by atoms with Gasteiger partial charge in [-0.05, 0) is 18.2 Å². The minimum absolute atomic E-state index is 0.0934. The largest absolute Gasteiger partial charge is 0.399 e. The van der Waals surface area contributed by atoms with E-state index in [1.165, 1.54) is 30.0 Å². The lowest BCUT2D eigenvalue weighted by Gasteiger charge is -2.07. The molecule has 0 saturated heterocycles. The first kappa shape index (κ1) is 13.8. The summed E-state index contributed by atoms with van der Waals surface area (Å²) >= 11 is 1.47. The second-order valence-corrected chi connectivity index (χ2v) is 4.60. The SMILES string of the molecule is Nc1ccc(F)c(NC(=O)CCSCCO)c1. The summed E-state index contributed by atoms with van der Waals surface area (Å²) in [4.78, 5) is 11.4. The van der Waals surface area contributed by atoms with Crippen molar-refractivity contribution in [3.05, 3.63) is 24.0 Å². The fraction of sp³-hybridized carbons (Fsp3) is 0.364. The lowest BCUT2D eigenvalue weighted by molar-refractivity contribution is -0.115. The molecule has 17 heavy (non-hydrogen) atoms. The second-order valence-electron chi connectivity index (χ2n) is 3.37. The van der Waals surface area contributed by atoms with Crippen LogP contribution >= 0.6 is 11.8 Å². The predicted octanol–water partition coefficient (Wildman–Crippen LogP) is 1.46. The highest BCUT2D eigenvalue weighted by molar-refractivity contribution is 7.99. The van der Waals surface area contributed by atoms with Gasteiger partial charge in [0.25, 0.3) is 0 Å². The third-order valence-electron chi connectivity index (χ3n) is 1.97. The van der Waals surface area contributed by atoms with Crippen molar-refractivity contribution >= 4 is 29.0 Å². The fourth-order valence-corrected chi connectivity index (χ4v) is 1.85. The summed E-state index contributed by atoms with van der Waals surface area (Å²) in [5, 5.41) is 11.0. The Balaban J connectivity index is 2.42. The number of benzene rings is 1. The predicted molar refractivity (Wildman–Crippen MR) is 68.5 cm³/mol. The first-order valence-electron chi connectivity index (χ1n) is 5.17. The van der Waals surface area contributed by atoms with Gasteiger partial charge < -0.3 is 16.2 Å². The zero-order valence-corrected chi connectivity index (χ0v) is 10.1. The number of amides is 1. The van der Waals surface area contributed by atoms with Crippen LogP contribution in [0.1, 0.15) is 6.42 Å². The molecule has 1 amide bonds. The number of hydrogen-bond donors (Lipinski definition) is 3. The number of anilines is 2. The molecular formula is C11H15FN2O2S. The molecule has 0 aliphatic rings. The van der Waals surface area contributed by atoms with Crippen LogP contribution in [0.3, 0.4) is 0 Å². The molecule has 4 N–H and O–H groups in total. The highest BCUT2D eigenvalue weighted by atomic mass is 32.2. The quantitative estimate of drug-likeness (QED) is 0.533. The molecule has 0 aliphatic heterocycles. The van der Waals surface area contributed by atoms with E-state index in [0.29, 0.717) is 17.2 Å². The summed E-state index contributed by atoms with van der Waals surface area (Å²) in [6, 6.07) is 4.03. The van der Waals surface area contributed by atoms with Crippen LogP contribution in [-0.2, 0) is 4.79 Å². The number of thioether (sulfide) groups is 1. The second kappa shape index (κ2) is 7.13. The van der Waals surface area contributed by atoms with Gasteiger partial charge in [-0.3, -0.25) is 4.79 Å². The van der Waals surface area contributed by atoms with Crippen molar-refractivity contribution in [2.45, 2.75) is 6.42 Å². The van der Waals surface area contributed by atoms with Crippen LogP contribution < -0.4 is 11.1 Å². The van der Waals surface area contributed by atoms with Gasteiger partial charge in [-0.2, -0.15) is 11.8 Å². The van der Waals surface area contributed by atoms with E-state index in [1.54, 1.807) is 0 Å². The Labute approximate surface area is 103 Å². The van der Waals surface area contributed by atoms with Crippen molar-refractivity contribution in [3.8, 4) is 0 Å². The zero-order valence-electron chi connectivity index (χ0n) is 9.28. The maximum Gasteiger partial charge on any atom is 0.225 e. The standard InChI is InChI=1S/C11H15FN2O2S/c12-9-2-1-8(13)7-10(9)14-11(16)3-5-17-6-4-15/h1-2,7,15H,3-6,13H2,(H,14,16). The number of halogens is 1. The molecule has 0 saturated carbocycles. The van der Waals surface area contributed by atoms with Gasteiger partial charge in [-0.1, -0.05) is 0 Å². The number of nitrogens with one attached hydrogen (secondary N) is 1. The number of carbonyl (C=O) groups excluding carboxylic acids is 1. The molecule has 4 nitrogen and oxygen atoms in total. The molecule has 0 spiro atoms. The summed E-state index contributed by atoms with van der Waals surface area (Å²) < 4.78 is 13.3. The van der Waals surface area contributed by atoms with Crippen molar-refractivity contribution in [3.63, 3.8) is 0 Å². The summed E-state index contributed by atoms with van der Waals surface area (Å²) in [5.41, 5.74) is 5.99. The number of hydrogen-bond acceptors (Lipinski definition) is 4. The minimum atomic E-state index is -0.504. The van der Waals surface area contributed by atoms with E-state index in [2.05, 4.69) is 5.32 Å². The summed E-state index contributed by atoms with van der Waals surface area (Å²) in [6.07, 6.45) is 0.277. The first-order chi connectivity index (χ1) is 8.13. The monoisotopic (exact) mass is 258 g/mol. The molecule has 0 unspecified atom stereocenters. The van der Waals surface area contributed by atoms with Gasteiger partial charge in [-0.15, -0.1) is 0 Å². The van der Waals surface area contributed by atoms with Crippen molar-refractivity contribution in [1.82, 2.24) is 0 Å². The molecule has 1 rings (SSSR count). The van der Waals surface area contributed by atoms with Crippen LogP contribution in [0, 0.1) is 5.82 Å². The van der Waals surface area contributed by atoms with Gasteiger partial charge in [0.2, 0.25) is 5.91 Å². The highest BCUT2D eigenvalue weighted by Gasteiger charge is 2.07. The van der Waals surface area contributed by atoms with E-state index >= 15 is 0 Å². The number of nitrogens with two attached hydrogens (primary N) is 1. The Morgan fingerprint density at radius 2 is 2.24 bits per heavy atom. The van der Waals surface area contributed by atoms with Crippen LogP contribution in [0.5, 0.6) is 0 Å². The molecule has 0 heterocycles. The van der Waals surface area contributed by atoms with E-state index in [4.69, 9.17) is 10.8 Å². The van der Waals surface area contributed by atoms with Crippen LogP contribution in [0.4, 0.5) is 15.8 Å². The Kier molecular flexibility index (Phi) is 5.79. The maximum absolute atomic E-state index is 13.3. The zero-order chi connectivity index (χ0) is 12.7. The lowest BCUT2D eigenvalue weighted by atomic mass is 10.2. The summed E-state index contributed by atoms with van der Waals surface area (Å²) in [7, 11) is 0. The average Bonchev–Trinajstić information content (AvgIpc) is 2.29.